The van der Waals surface area contributed by atoms with Crippen molar-refractivity contribution in [2.24, 2.45) is 0 Å². The van der Waals surface area contributed by atoms with Crippen LogP contribution in [0.4, 0.5) is 17.3 Å². The van der Waals surface area contributed by atoms with Crippen molar-refractivity contribution in [1.82, 2.24) is 15.4 Å². The molecular weight excluding hydrogens is 336 g/mol. The fourth-order valence-corrected chi connectivity index (χ4v) is 1.86. The van der Waals surface area contributed by atoms with Crippen LogP contribution in [0.3, 0.4) is 0 Å². The standard InChI is InChI=1S/C13H15BrN6O/c1-2-16-11-10(15)12(18-7-17-11)19-20-13(21)8-3-5-9(14)6-4-8/h3-7H,2,15H2,1H3,(H,20,21)(H2,16,17,18,19). The van der Waals surface area contributed by atoms with Gasteiger partial charge in [0.2, 0.25) is 0 Å². The van der Waals surface area contributed by atoms with Crippen LogP contribution in [0.2, 0.25) is 0 Å². The third-order valence-corrected chi connectivity index (χ3v) is 3.16. The molecule has 0 aliphatic rings. The first-order valence-electron chi connectivity index (χ1n) is 6.28. The van der Waals surface area contributed by atoms with Gasteiger partial charge in [-0.05, 0) is 31.2 Å². The van der Waals surface area contributed by atoms with Crippen LogP contribution in [0.25, 0.3) is 0 Å². The van der Waals surface area contributed by atoms with E-state index in [1.807, 2.05) is 6.92 Å². The molecule has 0 radical (unpaired) electrons. The van der Waals surface area contributed by atoms with Gasteiger partial charge in [0.25, 0.3) is 5.91 Å². The lowest BCUT2D eigenvalue weighted by Gasteiger charge is -2.12. The average Bonchev–Trinajstić information content (AvgIpc) is 2.49. The molecule has 1 aromatic carbocycles. The highest BCUT2D eigenvalue weighted by molar-refractivity contribution is 9.10. The maximum absolute atomic E-state index is 12.0. The summed E-state index contributed by atoms with van der Waals surface area (Å²) in [5, 5.41) is 3.01. The number of carbonyl (C=O) groups excluding carboxylic acids is 1. The number of halogens is 1. The third-order valence-electron chi connectivity index (χ3n) is 2.63. The van der Waals surface area contributed by atoms with Crippen molar-refractivity contribution >= 4 is 39.2 Å². The van der Waals surface area contributed by atoms with Crippen LogP contribution in [0.15, 0.2) is 35.1 Å². The first kappa shape index (κ1) is 15.0. The second kappa shape index (κ2) is 6.89. The smallest absolute Gasteiger partial charge is 0.269 e. The van der Waals surface area contributed by atoms with E-state index in [4.69, 9.17) is 5.73 Å². The molecule has 0 aliphatic heterocycles. The van der Waals surface area contributed by atoms with Crippen molar-refractivity contribution < 1.29 is 4.79 Å². The van der Waals surface area contributed by atoms with E-state index in [9.17, 15) is 4.79 Å². The number of nitrogens with two attached hydrogens (primary N) is 1. The van der Waals surface area contributed by atoms with Crippen molar-refractivity contribution in [3.05, 3.63) is 40.6 Å². The minimum Gasteiger partial charge on any atom is -0.393 e. The SMILES string of the molecule is CCNc1ncnc(NNC(=O)c2ccc(Br)cc2)c1N. The fraction of sp³-hybridized carbons (Fsp3) is 0.154. The lowest BCUT2D eigenvalue weighted by molar-refractivity contribution is 0.0962. The molecule has 110 valence electrons. The van der Waals surface area contributed by atoms with E-state index in [1.165, 1.54) is 6.33 Å². The van der Waals surface area contributed by atoms with E-state index in [0.29, 0.717) is 29.4 Å². The van der Waals surface area contributed by atoms with Gasteiger partial charge in [-0.15, -0.1) is 0 Å². The van der Waals surface area contributed by atoms with Crippen LogP contribution < -0.4 is 21.9 Å². The van der Waals surface area contributed by atoms with Gasteiger partial charge in [0.1, 0.15) is 12.0 Å². The zero-order chi connectivity index (χ0) is 15.2. The summed E-state index contributed by atoms with van der Waals surface area (Å²) in [6.07, 6.45) is 1.36. The number of anilines is 3. The number of aromatic nitrogens is 2. The quantitative estimate of drug-likeness (QED) is 0.614. The van der Waals surface area contributed by atoms with Crippen LogP contribution in [-0.2, 0) is 0 Å². The number of nitrogens with one attached hydrogen (secondary N) is 3. The van der Waals surface area contributed by atoms with Crippen molar-refractivity contribution in [2.45, 2.75) is 6.92 Å². The highest BCUT2D eigenvalue weighted by Gasteiger charge is 2.09. The Morgan fingerprint density at radius 3 is 2.57 bits per heavy atom. The molecule has 0 spiro atoms. The number of nitrogen functional groups attached to an aromatic ring is 1. The molecular formula is C13H15BrN6O. The van der Waals surface area contributed by atoms with E-state index >= 15 is 0 Å². The predicted molar refractivity (Wildman–Crippen MR) is 85.8 cm³/mol. The van der Waals surface area contributed by atoms with Gasteiger partial charge in [-0.2, -0.15) is 0 Å². The topological polar surface area (TPSA) is 105 Å². The van der Waals surface area contributed by atoms with E-state index in [0.717, 1.165) is 4.47 Å². The van der Waals surface area contributed by atoms with Gasteiger partial charge in [-0.1, -0.05) is 15.9 Å². The molecule has 21 heavy (non-hydrogen) atoms. The molecule has 1 aromatic heterocycles. The summed E-state index contributed by atoms with van der Waals surface area (Å²) in [6.45, 7) is 2.62. The van der Waals surface area contributed by atoms with Crippen molar-refractivity contribution in [3.8, 4) is 0 Å². The molecule has 0 unspecified atom stereocenters. The van der Waals surface area contributed by atoms with Crippen molar-refractivity contribution in [2.75, 3.05) is 23.0 Å². The molecule has 1 heterocycles. The van der Waals surface area contributed by atoms with Gasteiger partial charge in [0, 0.05) is 16.6 Å². The number of hydrogen-bond donors (Lipinski definition) is 4. The van der Waals surface area contributed by atoms with Crippen LogP contribution in [-0.4, -0.2) is 22.4 Å². The minimum atomic E-state index is -0.287. The van der Waals surface area contributed by atoms with Crippen LogP contribution in [0.1, 0.15) is 17.3 Å². The number of hydrazine groups is 1. The number of hydrogen-bond acceptors (Lipinski definition) is 6. The number of rotatable bonds is 5. The highest BCUT2D eigenvalue weighted by Crippen LogP contribution is 2.21. The van der Waals surface area contributed by atoms with E-state index in [2.05, 4.69) is 42.1 Å². The normalized spacial score (nSPS) is 10.0. The molecule has 2 aromatic rings. The summed E-state index contributed by atoms with van der Waals surface area (Å²) >= 11 is 3.31. The number of carbonyl (C=O) groups is 1. The van der Waals surface area contributed by atoms with Crippen molar-refractivity contribution in [1.29, 1.82) is 0 Å². The Kier molecular flexibility index (Phi) is 4.94. The van der Waals surface area contributed by atoms with Crippen LogP contribution in [0, 0.1) is 0 Å². The molecule has 2 rings (SSSR count). The molecule has 0 saturated heterocycles. The Bertz CT molecular complexity index is 631. The van der Waals surface area contributed by atoms with Gasteiger partial charge in [-0.3, -0.25) is 15.6 Å². The molecule has 0 aliphatic carbocycles. The molecule has 0 bridgehead atoms. The van der Waals surface area contributed by atoms with Crippen molar-refractivity contribution in [3.63, 3.8) is 0 Å². The Balaban J connectivity index is 2.04. The van der Waals surface area contributed by atoms with Gasteiger partial charge in [0.05, 0.1) is 0 Å². The monoisotopic (exact) mass is 350 g/mol. The summed E-state index contributed by atoms with van der Waals surface area (Å²) in [7, 11) is 0. The molecule has 0 fully saturated rings. The van der Waals surface area contributed by atoms with E-state index < -0.39 is 0 Å². The van der Waals surface area contributed by atoms with Gasteiger partial charge < -0.3 is 11.1 Å². The van der Waals surface area contributed by atoms with Crippen LogP contribution >= 0.6 is 15.9 Å². The Labute approximate surface area is 130 Å². The van der Waals surface area contributed by atoms with E-state index in [-0.39, 0.29) is 5.91 Å². The summed E-state index contributed by atoms with van der Waals surface area (Å²) in [5.41, 5.74) is 12.0. The second-order valence-corrected chi connectivity index (χ2v) is 5.02. The fourth-order valence-electron chi connectivity index (χ4n) is 1.59. The molecule has 7 nitrogen and oxygen atoms in total. The first-order valence-corrected chi connectivity index (χ1v) is 7.07. The number of nitrogens with zero attached hydrogens (tertiary/aromatic N) is 2. The maximum Gasteiger partial charge on any atom is 0.269 e. The highest BCUT2D eigenvalue weighted by atomic mass is 79.9. The molecule has 1 amide bonds. The Morgan fingerprint density at radius 2 is 1.90 bits per heavy atom. The molecule has 0 saturated carbocycles. The van der Waals surface area contributed by atoms with Gasteiger partial charge >= 0.3 is 0 Å². The number of amides is 1. The summed E-state index contributed by atoms with van der Waals surface area (Å²) in [5.74, 6) is 0.574. The zero-order valence-electron chi connectivity index (χ0n) is 11.4. The van der Waals surface area contributed by atoms with Gasteiger partial charge in [0.15, 0.2) is 11.6 Å². The molecule has 0 atom stereocenters. The van der Waals surface area contributed by atoms with Crippen LogP contribution in [0.5, 0.6) is 0 Å². The number of benzene rings is 1. The minimum absolute atomic E-state index is 0.287. The largest absolute Gasteiger partial charge is 0.393 e. The Morgan fingerprint density at radius 1 is 1.24 bits per heavy atom. The molecule has 8 heteroatoms. The maximum atomic E-state index is 12.0. The predicted octanol–water partition coefficient (Wildman–Crippen LogP) is 2.01. The lowest BCUT2D eigenvalue weighted by Crippen LogP contribution is -2.30. The first-order chi connectivity index (χ1) is 10.1. The lowest BCUT2D eigenvalue weighted by atomic mass is 10.2. The van der Waals surface area contributed by atoms with E-state index in [1.54, 1.807) is 24.3 Å². The second-order valence-electron chi connectivity index (χ2n) is 4.10. The Hall–Kier alpha value is -2.35. The molecule has 5 N–H and O–H groups in total. The van der Waals surface area contributed by atoms with Gasteiger partial charge in [-0.25, -0.2) is 9.97 Å². The summed E-state index contributed by atoms with van der Waals surface area (Å²) in [4.78, 5) is 20.0. The zero-order valence-corrected chi connectivity index (χ0v) is 12.9. The summed E-state index contributed by atoms with van der Waals surface area (Å²) < 4.78 is 0.905. The average molecular weight is 351 g/mol. The third kappa shape index (κ3) is 3.82. The summed E-state index contributed by atoms with van der Waals surface area (Å²) in [6, 6.07) is 6.98.